The topological polar surface area (TPSA) is 37.8 Å². The number of aryl methyl sites for hydroxylation is 1. The Labute approximate surface area is 94.8 Å². The van der Waals surface area contributed by atoms with Crippen molar-refractivity contribution in [1.82, 2.24) is 9.78 Å². The number of H-pyrrole nitrogens is 1. The van der Waals surface area contributed by atoms with Gasteiger partial charge >= 0.3 is 0 Å². The average Bonchev–Trinajstić information content (AvgIpc) is 2.31. The van der Waals surface area contributed by atoms with Crippen LogP contribution < -0.4 is 5.56 Å². The highest BCUT2D eigenvalue weighted by atomic mass is 16.1. The fraction of sp³-hybridized carbons (Fsp3) is 0.769. The van der Waals surface area contributed by atoms with Gasteiger partial charge in [0.1, 0.15) is 0 Å². The summed E-state index contributed by atoms with van der Waals surface area (Å²) in [4.78, 5) is 12.0. The molecule has 0 amide bonds. The van der Waals surface area contributed by atoms with Gasteiger partial charge in [0.15, 0.2) is 0 Å². The van der Waals surface area contributed by atoms with Crippen molar-refractivity contribution in [2.24, 2.45) is 17.9 Å². The Morgan fingerprint density at radius 1 is 1.38 bits per heavy atom. The van der Waals surface area contributed by atoms with Crippen LogP contribution in [0.4, 0.5) is 0 Å². The third kappa shape index (κ3) is 0.488. The van der Waals surface area contributed by atoms with Crippen molar-refractivity contribution in [1.29, 1.82) is 0 Å². The van der Waals surface area contributed by atoms with Crippen LogP contribution in [0.2, 0.25) is 0 Å². The van der Waals surface area contributed by atoms with Gasteiger partial charge in [0.25, 0.3) is 5.56 Å². The van der Waals surface area contributed by atoms with Crippen molar-refractivity contribution < 1.29 is 0 Å². The van der Waals surface area contributed by atoms with E-state index in [0.717, 1.165) is 5.56 Å². The van der Waals surface area contributed by atoms with Gasteiger partial charge in [-0.15, -0.1) is 0 Å². The molecule has 1 spiro atoms. The highest BCUT2D eigenvalue weighted by molar-refractivity contribution is 5.58. The Bertz CT molecular complexity index is 579. The number of hydrogen-bond donors (Lipinski definition) is 1. The molecule has 2 unspecified atom stereocenters. The van der Waals surface area contributed by atoms with Crippen LogP contribution in [0.25, 0.3) is 0 Å². The van der Waals surface area contributed by atoms with E-state index in [4.69, 9.17) is 0 Å². The number of hydrogen-bond acceptors (Lipinski definition) is 1. The van der Waals surface area contributed by atoms with Crippen LogP contribution >= 0.6 is 0 Å². The van der Waals surface area contributed by atoms with Crippen LogP contribution in [-0.2, 0) is 12.5 Å². The third-order valence-corrected chi connectivity index (χ3v) is 6.54. The van der Waals surface area contributed by atoms with E-state index in [1.54, 1.807) is 0 Å². The second kappa shape index (κ2) is 1.93. The molecule has 1 aromatic rings. The minimum Gasteiger partial charge on any atom is -0.291 e. The quantitative estimate of drug-likeness (QED) is 0.709. The molecule has 3 atom stereocenters. The van der Waals surface area contributed by atoms with E-state index < -0.39 is 0 Å². The Morgan fingerprint density at radius 2 is 2.06 bits per heavy atom. The van der Waals surface area contributed by atoms with Gasteiger partial charge < -0.3 is 0 Å². The maximum Gasteiger partial charge on any atom is 0.267 e. The molecule has 3 aliphatic rings. The summed E-state index contributed by atoms with van der Waals surface area (Å²) < 4.78 is 1.98. The SMILES string of the molecule is Cn1[nH]c(=O)c2c1[C@@]1(C)C(C)(C)C13CCC23. The molecule has 0 bridgehead atoms. The molecular formula is C13H18N2O. The van der Waals surface area contributed by atoms with E-state index in [2.05, 4.69) is 25.9 Å². The predicted molar refractivity (Wildman–Crippen MR) is 61.6 cm³/mol. The highest BCUT2D eigenvalue weighted by Gasteiger charge is 2.89. The largest absolute Gasteiger partial charge is 0.291 e. The van der Waals surface area contributed by atoms with Gasteiger partial charge in [-0.1, -0.05) is 20.8 Å². The summed E-state index contributed by atoms with van der Waals surface area (Å²) in [5, 5.41) is 2.94. The summed E-state index contributed by atoms with van der Waals surface area (Å²) in [5.41, 5.74) is 3.57. The lowest BCUT2D eigenvalue weighted by Gasteiger charge is -2.38. The molecule has 2 saturated carbocycles. The van der Waals surface area contributed by atoms with E-state index in [0.29, 0.717) is 16.7 Å². The number of rotatable bonds is 0. The van der Waals surface area contributed by atoms with Gasteiger partial charge in [-0.2, -0.15) is 0 Å². The number of nitrogens with zero attached hydrogens (tertiary/aromatic N) is 1. The molecular weight excluding hydrogens is 200 g/mol. The van der Waals surface area contributed by atoms with Crippen molar-refractivity contribution in [2.75, 3.05) is 0 Å². The summed E-state index contributed by atoms with van der Waals surface area (Å²) in [5.74, 6) is 0.535. The van der Waals surface area contributed by atoms with Gasteiger partial charge in [0.05, 0.1) is 5.69 Å². The summed E-state index contributed by atoms with van der Waals surface area (Å²) in [6, 6.07) is 0. The van der Waals surface area contributed by atoms with Gasteiger partial charge in [0.2, 0.25) is 0 Å². The molecule has 0 saturated heterocycles. The minimum absolute atomic E-state index is 0.158. The van der Waals surface area contributed by atoms with Crippen LogP contribution in [-0.4, -0.2) is 9.78 Å². The molecule has 1 N–H and O–H groups in total. The Hall–Kier alpha value is -0.990. The molecule has 1 aromatic heterocycles. The van der Waals surface area contributed by atoms with Gasteiger partial charge in [-0.05, 0) is 29.6 Å². The maximum atomic E-state index is 12.0. The lowest BCUT2D eigenvalue weighted by molar-refractivity contribution is 0.171. The molecule has 3 aliphatic carbocycles. The molecule has 1 heterocycles. The zero-order chi connectivity index (χ0) is 11.5. The smallest absolute Gasteiger partial charge is 0.267 e. The monoisotopic (exact) mass is 218 g/mol. The van der Waals surface area contributed by atoms with Crippen molar-refractivity contribution in [3.8, 4) is 0 Å². The average molecular weight is 218 g/mol. The van der Waals surface area contributed by atoms with E-state index in [1.807, 2.05) is 11.7 Å². The molecule has 3 heteroatoms. The molecule has 0 aromatic carbocycles. The number of aromatic nitrogens is 2. The summed E-state index contributed by atoms with van der Waals surface area (Å²) in [6.07, 6.45) is 2.51. The Kier molecular flexibility index (Phi) is 1.10. The van der Waals surface area contributed by atoms with Crippen molar-refractivity contribution in [2.45, 2.75) is 44.9 Å². The Morgan fingerprint density at radius 3 is 2.62 bits per heavy atom. The number of nitrogens with one attached hydrogen (secondary N) is 1. The van der Waals surface area contributed by atoms with Gasteiger partial charge in [-0.25, -0.2) is 0 Å². The predicted octanol–water partition coefficient (Wildman–Crippen LogP) is 1.89. The van der Waals surface area contributed by atoms with Crippen LogP contribution in [0.5, 0.6) is 0 Å². The van der Waals surface area contributed by atoms with Crippen LogP contribution in [0.3, 0.4) is 0 Å². The van der Waals surface area contributed by atoms with Crippen molar-refractivity contribution in [3.05, 3.63) is 21.6 Å². The molecule has 0 aliphatic heterocycles. The molecule has 0 radical (unpaired) electrons. The summed E-state index contributed by atoms with van der Waals surface area (Å²) in [6.45, 7) is 7.11. The standard InChI is InChI=1S/C13H18N2O/c1-11(2)12(3)9-8(10(16)14-15(9)4)7-5-6-13(7,11)12/h7H,5-6H2,1-4H3,(H,14,16)/t7?,12-,13?/m0/s1. The first kappa shape index (κ1) is 9.08. The maximum absolute atomic E-state index is 12.0. The first-order valence-electron chi connectivity index (χ1n) is 6.19. The lowest BCUT2D eigenvalue weighted by Crippen LogP contribution is -2.31. The fourth-order valence-corrected chi connectivity index (χ4v) is 5.54. The summed E-state index contributed by atoms with van der Waals surface area (Å²) in [7, 11) is 1.98. The molecule has 2 fully saturated rings. The van der Waals surface area contributed by atoms with Crippen LogP contribution in [0.1, 0.15) is 50.8 Å². The summed E-state index contributed by atoms with van der Waals surface area (Å²) >= 11 is 0. The van der Waals surface area contributed by atoms with Crippen LogP contribution in [0, 0.1) is 10.8 Å². The minimum atomic E-state index is 0.158. The number of fused-ring (bicyclic) bond motifs is 3. The highest BCUT2D eigenvalue weighted by Crippen LogP contribution is 2.92. The van der Waals surface area contributed by atoms with Crippen molar-refractivity contribution in [3.63, 3.8) is 0 Å². The normalized spacial score (nSPS) is 45.6. The third-order valence-electron chi connectivity index (χ3n) is 6.54. The fourth-order valence-electron chi connectivity index (χ4n) is 5.54. The lowest BCUT2D eigenvalue weighted by atomic mass is 9.65. The molecule has 3 nitrogen and oxygen atoms in total. The van der Waals surface area contributed by atoms with E-state index in [1.165, 1.54) is 18.5 Å². The Balaban J connectivity index is 2.11. The first-order valence-corrected chi connectivity index (χ1v) is 6.19. The second-order valence-electron chi connectivity index (χ2n) is 6.57. The van der Waals surface area contributed by atoms with Crippen molar-refractivity contribution >= 4 is 0 Å². The molecule has 4 rings (SSSR count). The first-order chi connectivity index (χ1) is 7.39. The van der Waals surface area contributed by atoms with E-state index in [-0.39, 0.29) is 11.0 Å². The van der Waals surface area contributed by atoms with Gasteiger partial charge in [-0.3, -0.25) is 14.6 Å². The van der Waals surface area contributed by atoms with E-state index >= 15 is 0 Å². The van der Waals surface area contributed by atoms with E-state index in [9.17, 15) is 4.79 Å². The zero-order valence-electron chi connectivity index (χ0n) is 10.3. The zero-order valence-corrected chi connectivity index (χ0v) is 10.3. The van der Waals surface area contributed by atoms with Crippen LogP contribution in [0.15, 0.2) is 4.79 Å². The second-order valence-corrected chi connectivity index (χ2v) is 6.57. The molecule has 86 valence electrons. The van der Waals surface area contributed by atoms with Gasteiger partial charge in [0, 0.05) is 18.0 Å². The molecule has 16 heavy (non-hydrogen) atoms. The number of aromatic amines is 1.